The van der Waals surface area contributed by atoms with Crippen molar-refractivity contribution < 1.29 is 18.3 Å². The van der Waals surface area contributed by atoms with Gasteiger partial charge in [-0.1, -0.05) is 0 Å². The number of nitrogens with one attached hydrogen (secondary N) is 1. The first-order valence-corrected chi connectivity index (χ1v) is 9.96. The fourth-order valence-corrected chi connectivity index (χ4v) is 3.01. The van der Waals surface area contributed by atoms with E-state index in [9.17, 15) is 13.6 Å². The maximum Gasteiger partial charge on any atom is 0.336 e. The van der Waals surface area contributed by atoms with Gasteiger partial charge >= 0.3 is 6.01 Å². The van der Waals surface area contributed by atoms with Gasteiger partial charge in [-0.25, -0.2) is 13.5 Å². The maximum absolute atomic E-state index is 13.4. The van der Waals surface area contributed by atoms with E-state index in [0.717, 1.165) is 0 Å². The minimum absolute atomic E-state index is 0.115. The van der Waals surface area contributed by atoms with E-state index >= 15 is 0 Å². The first kappa shape index (κ1) is 21.2. The van der Waals surface area contributed by atoms with Gasteiger partial charge in [0.25, 0.3) is 5.91 Å². The molecule has 1 heterocycles. The van der Waals surface area contributed by atoms with E-state index in [4.69, 9.17) is 4.74 Å². The monoisotopic (exact) mass is 434 g/mol. The summed E-state index contributed by atoms with van der Waals surface area (Å²) in [5, 5.41) is 7.20. The number of anilines is 1. The average Bonchev–Trinajstić information content (AvgIpc) is 3.18. The second-order valence-corrected chi connectivity index (χ2v) is 7.31. The summed E-state index contributed by atoms with van der Waals surface area (Å²) in [5.74, 6) is -0.613. The summed E-state index contributed by atoms with van der Waals surface area (Å²) >= 11 is 0. The Bertz CT molecular complexity index is 1220. The summed E-state index contributed by atoms with van der Waals surface area (Å²) in [4.78, 5) is 16.8. The average molecular weight is 434 g/mol. The van der Waals surface area contributed by atoms with E-state index in [1.165, 1.54) is 36.4 Å². The fraction of sp³-hybridized carbons (Fsp3) is 0.125. The summed E-state index contributed by atoms with van der Waals surface area (Å²) in [6.07, 6.45) is -0.115. The second-order valence-electron chi connectivity index (χ2n) is 7.31. The van der Waals surface area contributed by atoms with Crippen LogP contribution < -0.4 is 10.1 Å². The first-order chi connectivity index (χ1) is 15.4. The number of carbonyl (C=O) groups excluding carboxylic acids is 1. The lowest BCUT2D eigenvalue weighted by Crippen LogP contribution is -2.12. The van der Waals surface area contributed by atoms with Crippen LogP contribution >= 0.6 is 0 Å². The lowest BCUT2D eigenvalue weighted by atomic mass is 10.2. The van der Waals surface area contributed by atoms with Gasteiger partial charge < -0.3 is 10.1 Å². The molecule has 1 aromatic heterocycles. The number of hydrogen-bond acceptors (Lipinski definition) is 4. The molecule has 32 heavy (non-hydrogen) atoms. The van der Waals surface area contributed by atoms with Gasteiger partial charge in [0.15, 0.2) is 5.82 Å². The second kappa shape index (κ2) is 8.97. The number of nitrogens with zero attached hydrogens (tertiary/aromatic N) is 3. The zero-order valence-electron chi connectivity index (χ0n) is 17.4. The van der Waals surface area contributed by atoms with Crippen LogP contribution in [-0.4, -0.2) is 26.8 Å². The van der Waals surface area contributed by atoms with Crippen LogP contribution in [0.5, 0.6) is 6.01 Å². The van der Waals surface area contributed by atoms with Crippen LogP contribution in [0.3, 0.4) is 0 Å². The quantitative estimate of drug-likeness (QED) is 0.450. The van der Waals surface area contributed by atoms with Crippen LogP contribution in [0.15, 0.2) is 72.8 Å². The van der Waals surface area contributed by atoms with Crippen LogP contribution in [0.4, 0.5) is 14.5 Å². The minimum atomic E-state index is -0.406. The maximum atomic E-state index is 13.4. The van der Waals surface area contributed by atoms with E-state index in [-0.39, 0.29) is 23.8 Å². The van der Waals surface area contributed by atoms with Gasteiger partial charge in [-0.2, -0.15) is 4.98 Å². The Kier molecular flexibility index (Phi) is 5.93. The lowest BCUT2D eigenvalue weighted by molar-refractivity contribution is 0.102. The van der Waals surface area contributed by atoms with E-state index in [1.54, 1.807) is 41.1 Å². The highest BCUT2D eigenvalue weighted by atomic mass is 19.1. The van der Waals surface area contributed by atoms with Gasteiger partial charge in [0.1, 0.15) is 11.6 Å². The molecule has 0 fully saturated rings. The van der Waals surface area contributed by atoms with Gasteiger partial charge in [0.2, 0.25) is 0 Å². The summed E-state index contributed by atoms with van der Waals surface area (Å²) in [7, 11) is 0. The van der Waals surface area contributed by atoms with Crippen molar-refractivity contribution >= 4 is 11.6 Å². The van der Waals surface area contributed by atoms with Crippen molar-refractivity contribution in [2.45, 2.75) is 20.0 Å². The van der Waals surface area contributed by atoms with Crippen LogP contribution in [0, 0.1) is 11.6 Å². The number of amides is 1. The van der Waals surface area contributed by atoms with Gasteiger partial charge in [-0.3, -0.25) is 4.79 Å². The van der Waals surface area contributed by atoms with Gasteiger partial charge in [0, 0.05) is 16.8 Å². The van der Waals surface area contributed by atoms with Crippen LogP contribution in [0.25, 0.3) is 17.1 Å². The number of rotatable bonds is 6. The highest BCUT2D eigenvalue weighted by Crippen LogP contribution is 2.25. The number of aromatic nitrogens is 3. The van der Waals surface area contributed by atoms with Crippen molar-refractivity contribution in [2.75, 3.05) is 5.32 Å². The predicted octanol–water partition coefficient (Wildman–Crippen LogP) is 5.25. The molecule has 4 aromatic rings. The minimum Gasteiger partial charge on any atom is -0.460 e. The van der Waals surface area contributed by atoms with Crippen molar-refractivity contribution in [3.8, 4) is 23.1 Å². The van der Waals surface area contributed by atoms with Crippen molar-refractivity contribution in [2.24, 2.45) is 0 Å². The molecule has 0 spiro atoms. The molecule has 0 unspecified atom stereocenters. The highest BCUT2D eigenvalue weighted by molar-refractivity contribution is 6.04. The zero-order valence-corrected chi connectivity index (χ0v) is 17.4. The van der Waals surface area contributed by atoms with Crippen molar-refractivity contribution in [1.29, 1.82) is 0 Å². The Balaban J connectivity index is 1.61. The molecule has 0 aliphatic heterocycles. The number of halogens is 2. The van der Waals surface area contributed by atoms with Crippen molar-refractivity contribution in [3.05, 3.63) is 90.0 Å². The van der Waals surface area contributed by atoms with Crippen LogP contribution in [0.1, 0.15) is 24.2 Å². The summed E-state index contributed by atoms with van der Waals surface area (Å²) in [6.45, 7) is 3.74. The Morgan fingerprint density at radius 2 is 1.50 bits per heavy atom. The van der Waals surface area contributed by atoms with E-state index < -0.39 is 5.82 Å². The molecule has 0 aliphatic carbocycles. The molecule has 0 bridgehead atoms. The van der Waals surface area contributed by atoms with Crippen LogP contribution in [-0.2, 0) is 0 Å². The SMILES string of the molecule is CC(C)Oc1nc(-c2ccc(F)cc2)n(-c2ccc(NC(=O)c3ccc(F)cc3)cc2)n1. The zero-order chi connectivity index (χ0) is 22.7. The van der Waals surface area contributed by atoms with Gasteiger partial charge in [-0.05, 0) is 86.6 Å². The molecule has 0 atom stereocenters. The third kappa shape index (κ3) is 4.80. The number of hydrogen-bond donors (Lipinski definition) is 1. The topological polar surface area (TPSA) is 69.0 Å². The molecule has 1 N–H and O–H groups in total. The highest BCUT2D eigenvalue weighted by Gasteiger charge is 2.16. The predicted molar refractivity (Wildman–Crippen MR) is 117 cm³/mol. The molecule has 4 rings (SSSR count). The molecule has 162 valence electrons. The van der Waals surface area contributed by atoms with E-state index in [1.807, 2.05) is 13.8 Å². The Morgan fingerprint density at radius 3 is 2.09 bits per heavy atom. The molecule has 0 saturated heterocycles. The number of ether oxygens (including phenoxy) is 1. The van der Waals surface area contributed by atoms with Crippen LogP contribution in [0.2, 0.25) is 0 Å². The fourth-order valence-electron chi connectivity index (χ4n) is 3.01. The Labute approximate surface area is 183 Å². The smallest absolute Gasteiger partial charge is 0.336 e. The van der Waals surface area contributed by atoms with E-state index in [0.29, 0.717) is 28.3 Å². The molecule has 1 amide bonds. The summed E-state index contributed by atoms with van der Waals surface area (Å²) in [6, 6.07) is 18.4. The van der Waals surface area contributed by atoms with Gasteiger partial charge in [0.05, 0.1) is 11.8 Å². The molecule has 3 aromatic carbocycles. The molecular weight excluding hydrogens is 414 g/mol. The largest absolute Gasteiger partial charge is 0.460 e. The third-order valence-corrected chi connectivity index (χ3v) is 4.51. The lowest BCUT2D eigenvalue weighted by Gasteiger charge is -2.09. The Hall–Kier alpha value is -4.07. The number of carbonyl (C=O) groups is 1. The first-order valence-electron chi connectivity index (χ1n) is 9.96. The third-order valence-electron chi connectivity index (χ3n) is 4.51. The molecule has 6 nitrogen and oxygen atoms in total. The molecule has 0 saturated carbocycles. The summed E-state index contributed by atoms with van der Waals surface area (Å²) in [5.41, 5.74) is 2.26. The molecule has 0 radical (unpaired) electrons. The number of benzene rings is 3. The van der Waals surface area contributed by atoms with Crippen molar-refractivity contribution in [1.82, 2.24) is 14.8 Å². The van der Waals surface area contributed by atoms with E-state index in [2.05, 4.69) is 15.4 Å². The Morgan fingerprint density at radius 1 is 0.906 bits per heavy atom. The molecular formula is C24H20F2N4O2. The standard InChI is InChI=1S/C24H20F2N4O2/c1-15(2)32-24-28-22(16-3-7-18(25)8-4-16)30(29-24)21-13-11-20(12-14-21)27-23(31)17-5-9-19(26)10-6-17/h3-15H,1-2H3,(H,27,31). The van der Waals surface area contributed by atoms with Gasteiger partial charge in [-0.15, -0.1) is 5.10 Å². The summed E-state index contributed by atoms with van der Waals surface area (Å²) < 4.78 is 33.7. The van der Waals surface area contributed by atoms with Crippen molar-refractivity contribution in [3.63, 3.8) is 0 Å². The normalized spacial score (nSPS) is 10.9. The molecule has 0 aliphatic rings. The molecule has 8 heteroatoms.